The molecular weight excluding hydrogens is 448 g/mol. The molecule has 1 N–H and O–H groups in total. The number of rotatable bonds is 7. The smallest absolute Gasteiger partial charge is 0.409 e. The van der Waals surface area contributed by atoms with Gasteiger partial charge in [-0.1, -0.05) is 12.1 Å². The molecule has 1 aromatic carbocycles. The second-order valence-corrected chi connectivity index (χ2v) is 9.91. The van der Waals surface area contributed by atoms with E-state index in [1.54, 1.807) is 12.0 Å². The topological polar surface area (TPSA) is 91.4 Å². The number of piperidine rings is 2. The average Bonchev–Trinajstić information content (AvgIpc) is 3.11. The standard InChI is InChI=1S/C26H38N4O5/c1-4-35-25(33)29-16-12-21(13-17-29)28-14-10-20(11-15-28)26(2)23(31)30(24(32)27-26)18-9-19-5-7-22(34-3)8-6-19/h5-8,20-21H,4,9-18H2,1-3H3,(H,27,32). The van der Waals surface area contributed by atoms with Gasteiger partial charge in [0.1, 0.15) is 11.3 Å². The minimum Gasteiger partial charge on any atom is -0.497 e. The van der Waals surface area contributed by atoms with E-state index in [0.717, 1.165) is 63.2 Å². The molecule has 1 aromatic rings. The van der Waals surface area contributed by atoms with Crippen molar-refractivity contribution in [3.05, 3.63) is 29.8 Å². The molecule has 9 nitrogen and oxygen atoms in total. The van der Waals surface area contributed by atoms with Gasteiger partial charge < -0.3 is 24.6 Å². The molecule has 0 spiro atoms. The van der Waals surface area contributed by atoms with Crippen molar-refractivity contribution in [3.63, 3.8) is 0 Å². The molecule has 1 atom stereocenters. The Labute approximate surface area is 207 Å². The first-order valence-electron chi connectivity index (χ1n) is 12.8. The van der Waals surface area contributed by atoms with E-state index in [1.165, 1.54) is 4.90 Å². The van der Waals surface area contributed by atoms with E-state index in [0.29, 0.717) is 25.6 Å². The van der Waals surface area contributed by atoms with Crippen molar-refractivity contribution >= 4 is 18.0 Å². The third-order valence-corrected chi connectivity index (χ3v) is 7.94. The first-order valence-corrected chi connectivity index (χ1v) is 12.8. The number of amides is 4. The van der Waals surface area contributed by atoms with E-state index in [4.69, 9.17) is 9.47 Å². The van der Waals surface area contributed by atoms with E-state index < -0.39 is 5.54 Å². The van der Waals surface area contributed by atoms with Crippen LogP contribution in [-0.4, -0.2) is 90.8 Å². The Balaban J connectivity index is 1.27. The van der Waals surface area contributed by atoms with Crippen molar-refractivity contribution in [2.24, 2.45) is 5.92 Å². The van der Waals surface area contributed by atoms with Crippen LogP contribution in [0.5, 0.6) is 5.75 Å². The zero-order valence-electron chi connectivity index (χ0n) is 21.1. The number of likely N-dealkylation sites (tertiary alicyclic amines) is 2. The van der Waals surface area contributed by atoms with E-state index >= 15 is 0 Å². The van der Waals surface area contributed by atoms with Gasteiger partial charge in [0.2, 0.25) is 0 Å². The number of ether oxygens (including phenoxy) is 2. The van der Waals surface area contributed by atoms with Gasteiger partial charge in [-0.2, -0.15) is 0 Å². The lowest BCUT2D eigenvalue weighted by Gasteiger charge is -2.44. The first kappa shape index (κ1) is 25.3. The lowest BCUT2D eigenvalue weighted by atomic mass is 9.78. The number of hydrogen-bond acceptors (Lipinski definition) is 6. The van der Waals surface area contributed by atoms with Crippen LogP contribution in [0.1, 0.15) is 45.1 Å². The minimum absolute atomic E-state index is 0.112. The lowest BCUT2D eigenvalue weighted by molar-refractivity contribution is -0.133. The number of carbonyl (C=O) groups is 3. The van der Waals surface area contributed by atoms with Crippen LogP contribution < -0.4 is 10.1 Å². The molecule has 0 aliphatic carbocycles. The van der Waals surface area contributed by atoms with Crippen molar-refractivity contribution in [1.82, 2.24) is 20.0 Å². The van der Waals surface area contributed by atoms with Crippen molar-refractivity contribution < 1.29 is 23.9 Å². The molecular formula is C26H38N4O5. The Kier molecular flexibility index (Phi) is 7.84. The fraction of sp³-hybridized carbons (Fsp3) is 0.654. The highest BCUT2D eigenvalue weighted by molar-refractivity contribution is 6.07. The molecule has 192 valence electrons. The number of nitrogens with one attached hydrogen (secondary N) is 1. The maximum absolute atomic E-state index is 13.4. The lowest BCUT2D eigenvalue weighted by Crippen LogP contribution is -2.56. The number of nitrogens with zero attached hydrogens (tertiary/aromatic N) is 3. The Morgan fingerprint density at radius 2 is 1.71 bits per heavy atom. The zero-order chi connectivity index (χ0) is 25.0. The van der Waals surface area contributed by atoms with Gasteiger partial charge in [0, 0.05) is 25.7 Å². The highest BCUT2D eigenvalue weighted by Gasteiger charge is 2.52. The number of benzene rings is 1. The Bertz CT molecular complexity index is 907. The summed E-state index contributed by atoms with van der Waals surface area (Å²) in [5, 5.41) is 3.02. The van der Waals surface area contributed by atoms with Gasteiger partial charge in [-0.25, -0.2) is 9.59 Å². The molecule has 3 aliphatic rings. The van der Waals surface area contributed by atoms with Gasteiger partial charge in [-0.3, -0.25) is 9.69 Å². The second-order valence-electron chi connectivity index (χ2n) is 9.91. The molecule has 4 amide bonds. The van der Waals surface area contributed by atoms with Crippen LogP contribution in [-0.2, 0) is 16.0 Å². The number of imide groups is 1. The van der Waals surface area contributed by atoms with Crippen LogP contribution in [0.15, 0.2) is 24.3 Å². The summed E-state index contributed by atoms with van der Waals surface area (Å²) in [5.74, 6) is 0.783. The molecule has 4 rings (SSSR count). The first-order chi connectivity index (χ1) is 16.9. The van der Waals surface area contributed by atoms with E-state index in [2.05, 4.69) is 10.2 Å². The van der Waals surface area contributed by atoms with Crippen LogP contribution in [0, 0.1) is 5.92 Å². The van der Waals surface area contributed by atoms with Crippen molar-refractivity contribution in [1.29, 1.82) is 0 Å². The number of methoxy groups -OCH3 is 1. The monoisotopic (exact) mass is 486 g/mol. The number of urea groups is 1. The van der Waals surface area contributed by atoms with Crippen molar-refractivity contribution in [3.8, 4) is 5.75 Å². The highest BCUT2D eigenvalue weighted by atomic mass is 16.6. The average molecular weight is 487 g/mol. The summed E-state index contributed by atoms with van der Waals surface area (Å²) in [6, 6.07) is 7.86. The Hall–Kier alpha value is -2.81. The van der Waals surface area contributed by atoms with Crippen LogP contribution in [0.3, 0.4) is 0 Å². The van der Waals surface area contributed by atoms with Gasteiger partial charge in [0.05, 0.1) is 13.7 Å². The maximum Gasteiger partial charge on any atom is 0.409 e. The second kappa shape index (κ2) is 10.8. The van der Waals surface area contributed by atoms with Crippen molar-refractivity contribution in [2.75, 3.05) is 46.4 Å². The molecule has 3 aliphatic heterocycles. The third-order valence-electron chi connectivity index (χ3n) is 7.94. The fourth-order valence-corrected chi connectivity index (χ4v) is 5.70. The molecule has 0 radical (unpaired) electrons. The molecule has 0 saturated carbocycles. The maximum atomic E-state index is 13.4. The molecule has 3 heterocycles. The molecule has 3 fully saturated rings. The quantitative estimate of drug-likeness (QED) is 0.596. The van der Waals surface area contributed by atoms with Crippen LogP contribution in [0.25, 0.3) is 0 Å². The molecule has 9 heteroatoms. The van der Waals surface area contributed by atoms with Gasteiger partial charge in [-0.15, -0.1) is 0 Å². The summed E-state index contributed by atoms with van der Waals surface area (Å²) >= 11 is 0. The minimum atomic E-state index is -0.851. The van der Waals surface area contributed by atoms with Gasteiger partial charge >= 0.3 is 12.1 Å². The molecule has 0 aromatic heterocycles. The van der Waals surface area contributed by atoms with E-state index in [9.17, 15) is 14.4 Å². The summed E-state index contributed by atoms with van der Waals surface area (Å²) in [6.45, 7) is 7.73. The largest absolute Gasteiger partial charge is 0.497 e. The third kappa shape index (κ3) is 5.39. The number of carbonyl (C=O) groups excluding carboxylic acids is 3. The van der Waals surface area contributed by atoms with E-state index in [1.807, 2.05) is 38.1 Å². The normalized spacial score (nSPS) is 24.5. The van der Waals surface area contributed by atoms with E-state index in [-0.39, 0.29) is 23.9 Å². The fourth-order valence-electron chi connectivity index (χ4n) is 5.70. The van der Waals surface area contributed by atoms with Crippen LogP contribution in [0.2, 0.25) is 0 Å². The number of hydrogen-bond donors (Lipinski definition) is 1. The summed E-state index contributed by atoms with van der Waals surface area (Å²) < 4.78 is 10.3. The molecule has 3 saturated heterocycles. The summed E-state index contributed by atoms with van der Waals surface area (Å²) in [6.07, 6.45) is 4.01. The van der Waals surface area contributed by atoms with Crippen LogP contribution >= 0.6 is 0 Å². The molecule has 35 heavy (non-hydrogen) atoms. The Morgan fingerprint density at radius 3 is 2.31 bits per heavy atom. The summed E-state index contributed by atoms with van der Waals surface area (Å²) in [4.78, 5) is 43.7. The molecule has 0 bridgehead atoms. The van der Waals surface area contributed by atoms with Crippen molar-refractivity contribution in [2.45, 2.75) is 57.5 Å². The zero-order valence-corrected chi connectivity index (χ0v) is 21.1. The van der Waals surface area contributed by atoms with Gasteiger partial charge in [0.25, 0.3) is 5.91 Å². The Morgan fingerprint density at radius 1 is 1.06 bits per heavy atom. The SMILES string of the molecule is CCOC(=O)N1CCC(N2CCC(C3(C)NC(=O)N(CCc4ccc(OC)cc4)C3=O)CC2)CC1. The highest BCUT2D eigenvalue weighted by Crippen LogP contribution is 2.35. The predicted octanol–water partition coefficient (Wildman–Crippen LogP) is 2.88. The summed E-state index contributed by atoms with van der Waals surface area (Å²) in [7, 11) is 1.63. The van der Waals surface area contributed by atoms with Gasteiger partial charge in [0.15, 0.2) is 0 Å². The van der Waals surface area contributed by atoms with Gasteiger partial charge in [-0.05, 0) is 82.7 Å². The molecule has 1 unspecified atom stereocenters. The van der Waals surface area contributed by atoms with Crippen LogP contribution in [0.4, 0.5) is 9.59 Å². The summed E-state index contributed by atoms with van der Waals surface area (Å²) in [5.41, 5.74) is 0.207. The predicted molar refractivity (Wildman–Crippen MR) is 131 cm³/mol.